The van der Waals surface area contributed by atoms with Gasteiger partial charge in [-0.3, -0.25) is 9.59 Å². The van der Waals surface area contributed by atoms with Gasteiger partial charge in [0.1, 0.15) is 12.1 Å². The van der Waals surface area contributed by atoms with Crippen LogP contribution in [0.3, 0.4) is 0 Å². The highest BCUT2D eigenvalue weighted by atomic mass is 16.4. The summed E-state index contributed by atoms with van der Waals surface area (Å²) in [6.45, 7) is 2.17. The summed E-state index contributed by atoms with van der Waals surface area (Å²) in [6.07, 6.45) is 0.883. The summed E-state index contributed by atoms with van der Waals surface area (Å²) in [7, 11) is 0. The van der Waals surface area contributed by atoms with Crippen molar-refractivity contribution in [1.82, 2.24) is 10.6 Å². The van der Waals surface area contributed by atoms with Crippen LogP contribution >= 0.6 is 0 Å². The van der Waals surface area contributed by atoms with Crippen molar-refractivity contribution in [2.24, 2.45) is 0 Å². The minimum Gasteiger partial charge on any atom is -0.480 e. The zero-order valence-electron chi connectivity index (χ0n) is 10.1. The number of carbonyl (C=O) groups is 2. The molecule has 0 fully saturated rings. The summed E-state index contributed by atoms with van der Waals surface area (Å²) < 4.78 is 0. The van der Waals surface area contributed by atoms with Gasteiger partial charge in [0.25, 0.3) is 0 Å². The molecular formula is C13H16N2O3. The Bertz CT molecular complexity index is 473. The number of amides is 1. The zero-order chi connectivity index (χ0) is 13.1. The number of rotatable bonds is 3. The summed E-state index contributed by atoms with van der Waals surface area (Å²) >= 11 is 0. The molecule has 0 saturated carbocycles. The highest BCUT2D eigenvalue weighted by Crippen LogP contribution is 2.22. The molecule has 3 N–H and O–H groups in total. The van der Waals surface area contributed by atoms with Crippen LogP contribution in [0.1, 0.15) is 24.1 Å². The van der Waals surface area contributed by atoms with Gasteiger partial charge in [-0.2, -0.15) is 0 Å². The van der Waals surface area contributed by atoms with Crippen molar-refractivity contribution >= 4 is 11.9 Å². The van der Waals surface area contributed by atoms with Gasteiger partial charge in [-0.1, -0.05) is 24.3 Å². The van der Waals surface area contributed by atoms with E-state index in [2.05, 4.69) is 10.6 Å². The molecule has 1 aliphatic heterocycles. The van der Waals surface area contributed by atoms with E-state index in [-0.39, 0.29) is 5.91 Å². The van der Waals surface area contributed by atoms with E-state index in [1.165, 1.54) is 6.92 Å². The van der Waals surface area contributed by atoms with E-state index >= 15 is 0 Å². The van der Waals surface area contributed by atoms with Crippen LogP contribution < -0.4 is 10.6 Å². The second kappa shape index (κ2) is 5.18. The minimum atomic E-state index is -1.03. The smallest absolute Gasteiger partial charge is 0.325 e. The third kappa shape index (κ3) is 2.51. The highest BCUT2D eigenvalue weighted by Gasteiger charge is 2.27. The van der Waals surface area contributed by atoms with Gasteiger partial charge in [0.15, 0.2) is 0 Å². The van der Waals surface area contributed by atoms with E-state index in [0.717, 1.165) is 24.1 Å². The van der Waals surface area contributed by atoms with Gasteiger partial charge >= 0.3 is 5.97 Å². The molecule has 0 aliphatic carbocycles. The van der Waals surface area contributed by atoms with Crippen LogP contribution in [0.4, 0.5) is 0 Å². The molecule has 0 bridgehead atoms. The van der Waals surface area contributed by atoms with Crippen molar-refractivity contribution < 1.29 is 14.7 Å². The minimum absolute atomic E-state index is 0.294. The fraction of sp³-hybridized carbons (Fsp3) is 0.385. The number of carbonyl (C=O) groups excluding carboxylic acids is 1. The number of carboxylic acid groups (broad SMARTS) is 1. The lowest BCUT2D eigenvalue weighted by Gasteiger charge is -2.26. The molecule has 1 unspecified atom stereocenters. The number of hydrogen-bond acceptors (Lipinski definition) is 3. The molecule has 0 spiro atoms. The van der Waals surface area contributed by atoms with Crippen LogP contribution in [0.15, 0.2) is 24.3 Å². The maximum atomic E-state index is 12.0. The fourth-order valence-corrected chi connectivity index (χ4v) is 2.10. The molecule has 2 rings (SSSR count). The van der Waals surface area contributed by atoms with E-state index in [1.807, 2.05) is 24.3 Å². The number of nitrogens with one attached hydrogen (secondary N) is 2. The zero-order valence-corrected chi connectivity index (χ0v) is 10.1. The summed E-state index contributed by atoms with van der Waals surface area (Å²) in [6, 6.07) is 6.38. The van der Waals surface area contributed by atoms with Crippen LogP contribution in [-0.2, 0) is 16.0 Å². The standard InChI is InChI=1S/C13H16N2O3/c1-8(13(17)18)15-12(16)11-10-5-3-2-4-9(10)6-7-14-11/h2-5,8,11,14H,6-7H2,1H3,(H,15,16)(H,17,18)/t8-,11?/m0/s1. The van der Waals surface area contributed by atoms with Gasteiger partial charge in [0, 0.05) is 6.54 Å². The normalized spacial score (nSPS) is 19.7. The van der Waals surface area contributed by atoms with Crippen LogP contribution in [0, 0.1) is 0 Å². The van der Waals surface area contributed by atoms with Gasteiger partial charge in [0.05, 0.1) is 0 Å². The van der Waals surface area contributed by atoms with E-state index < -0.39 is 18.1 Å². The van der Waals surface area contributed by atoms with Gasteiger partial charge in [-0.05, 0) is 24.5 Å². The first-order valence-electron chi connectivity index (χ1n) is 5.94. The maximum absolute atomic E-state index is 12.0. The Hall–Kier alpha value is -1.88. The average molecular weight is 248 g/mol. The first kappa shape index (κ1) is 12.6. The molecule has 2 atom stereocenters. The maximum Gasteiger partial charge on any atom is 0.325 e. The molecule has 1 aromatic carbocycles. The topological polar surface area (TPSA) is 78.4 Å². The molecule has 0 saturated heterocycles. The number of fused-ring (bicyclic) bond motifs is 1. The summed E-state index contributed by atoms with van der Waals surface area (Å²) in [5.74, 6) is -1.33. The quantitative estimate of drug-likeness (QED) is 0.726. The molecule has 5 heteroatoms. The number of aliphatic carboxylic acids is 1. The van der Waals surface area contributed by atoms with Crippen molar-refractivity contribution in [3.05, 3.63) is 35.4 Å². The largest absolute Gasteiger partial charge is 0.480 e. The first-order valence-corrected chi connectivity index (χ1v) is 5.94. The molecule has 0 aromatic heterocycles. The number of carboxylic acids is 1. The Kier molecular flexibility index (Phi) is 3.62. The van der Waals surface area contributed by atoms with E-state index in [0.29, 0.717) is 0 Å². The third-order valence-electron chi connectivity index (χ3n) is 3.10. The fourth-order valence-electron chi connectivity index (χ4n) is 2.10. The van der Waals surface area contributed by atoms with Crippen molar-refractivity contribution in [2.75, 3.05) is 6.54 Å². The predicted molar refractivity (Wildman–Crippen MR) is 66.1 cm³/mol. The summed E-state index contributed by atoms with van der Waals surface area (Å²) in [5, 5.41) is 14.4. The molecule has 5 nitrogen and oxygen atoms in total. The Balaban J connectivity index is 2.15. The van der Waals surface area contributed by atoms with Crippen molar-refractivity contribution in [2.45, 2.75) is 25.4 Å². The summed E-state index contributed by atoms with van der Waals surface area (Å²) in [5.41, 5.74) is 2.07. The van der Waals surface area contributed by atoms with Gasteiger partial charge in [0.2, 0.25) is 5.91 Å². The van der Waals surface area contributed by atoms with Gasteiger partial charge in [-0.25, -0.2) is 0 Å². The number of benzene rings is 1. The lowest BCUT2D eigenvalue weighted by molar-refractivity contribution is -0.141. The van der Waals surface area contributed by atoms with Crippen molar-refractivity contribution in [3.8, 4) is 0 Å². The third-order valence-corrected chi connectivity index (χ3v) is 3.10. The molecule has 1 aromatic rings. The van der Waals surface area contributed by atoms with Crippen LogP contribution in [0.25, 0.3) is 0 Å². The molecule has 18 heavy (non-hydrogen) atoms. The Morgan fingerprint density at radius 1 is 1.44 bits per heavy atom. The second-order valence-corrected chi connectivity index (χ2v) is 4.40. The SMILES string of the molecule is C[C@H](NC(=O)C1NCCc2ccccc21)C(=O)O. The molecular weight excluding hydrogens is 232 g/mol. The van der Waals surface area contributed by atoms with E-state index in [9.17, 15) is 9.59 Å². The van der Waals surface area contributed by atoms with Crippen LogP contribution in [0.5, 0.6) is 0 Å². The molecule has 96 valence electrons. The highest BCUT2D eigenvalue weighted by molar-refractivity contribution is 5.88. The Morgan fingerprint density at radius 2 is 2.17 bits per heavy atom. The van der Waals surface area contributed by atoms with E-state index in [1.54, 1.807) is 0 Å². The van der Waals surface area contributed by atoms with Gasteiger partial charge in [-0.15, -0.1) is 0 Å². The van der Waals surface area contributed by atoms with Crippen LogP contribution in [-0.4, -0.2) is 29.6 Å². The Morgan fingerprint density at radius 3 is 2.89 bits per heavy atom. The van der Waals surface area contributed by atoms with Crippen molar-refractivity contribution in [3.63, 3.8) is 0 Å². The molecule has 1 amide bonds. The molecule has 1 heterocycles. The lowest BCUT2D eigenvalue weighted by atomic mass is 9.94. The van der Waals surface area contributed by atoms with Crippen molar-refractivity contribution in [1.29, 1.82) is 0 Å². The first-order chi connectivity index (χ1) is 8.59. The monoisotopic (exact) mass is 248 g/mol. The van der Waals surface area contributed by atoms with E-state index in [4.69, 9.17) is 5.11 Å². The Labute approximate surface area is 105 Å². The molecule has 0 radical (unpaired) electrons. The number of hydrogen-bond donors (Lipinski definition) is 3. The summed E-state index contributed by atoms with van der Waals surface area (Å²) in [4.78, 5) is 22.8. The predicted octanol–water partition coefficient (Wildman–Crippen LogP) is 0.463. The lowest BCUT2D eigenvalue weighted by Crippen LogP contribution is -2.46. The second-order valence-electron chi connectivity index (χ2n) is 4.40. The van der Waals surface area contributed by atoms with Gasteiger partial charge < -0.3 is 15.7 Å². The van der Waals surface area contributed by atoms with Crippen LogP contribution in [0.2, 0.25) is 0 Å². The average Bonchev–Trinajstić information content (AvgIpc) is 2.37. The molecule has 1 aliphatic rings.